The molecule has 6 heteroatoms. The molecule has 0 bridgehead atoms. The van der Waals surface area contributed by atoms with Crippen LogP contribution in [-0.4, -0.2) is 22.1 Å². The summed E-state index contributed by atoms with van der Waals surface area (Å²) in [5.74, 6) is 0.245. The second-order valence-corrected chi connectivity index (χ2v) is 6.12. The summed E-state index contributed by atoms with van der Waals surface area (Å²) in [6.07, 6.45) is 4.01. The second kappa shape index (κ2) is 7.34. The minimum Gasteiger partial charge on any atom is -0.462 e. The summed E-state index contributed by atoms with van der Waals surface area (Å²) >= 11 is 0. The van der Waals surface area contributed by atoms with E-state index in [0.717, 1.165) is 17.7 Å². The lowest BCUT2D eigenvalue weighted by Gasteiger charge is -2.25. The monoisotopic (exact) mass is 339 g/mol. The van der Waals surface area contributed by atoms with Gasteiger partial charge < -0.3 is 10.1 Å². The molecular formula is C19H21N3O3. The Hall–Kier alpha value is -2.89. The fourth-order valence-electron chi connectivity index (χ4n) is 2.94. The molecule has 2 aromatic rings. The summed E-state index contributed by atoms with van der Waals surface area (Å²) in [5, 5.41) is 3.24. The van der Waals surface area contributed by atoms with Gasteiger partial charge in [0, 0.05) is 30.2 Å². The molecule has 0 radical (unpaired) electrons. The van der Waals surface area contributed by atoms with E-state index in [1.807, 2.05) is 36.5 Å². The van der Waals surface area contributed by atoms with Crippen molar-refractivity contribution < 1.29 is 9.53 Å². The fourth-order valence-corrected chi connectivity index (χ4v) is 2.94. The van der Waals surface area contributed by atoms with Gasteiger partial charge in [-0.1, -0.05) is 25.1 Å². The lowest BCUT2D eigenvalue weighted by atomic mass is 9.96. The molecule has 0 saturated carbocycles. The Kier molecular flexibility index (Phi) is 4.97. The molecule has 0 amide bonds. The second-order valence-electron chi connectivity index (χ2n) is 6.12. The molecule has 0 aliphatic carbocycles. The predicted molar refractivity (Wildman–Crippen MR) is 96.3 cm³/mol. The number of nitrogens with zero attached hydrogens (tertiary/aromatic N) is 2. The maximum absolute atomic E-state index is 12.7. The molecular weight excluding hydrogens is 318 g/mol. The van der Waals surface area contributed by atoms with Crippen LogP contribution in [0.3, 0.4) is 0 Å². The number of carbonyl (C=O) groups excluding carboxylic acids is 1. The number of aromatic nitrogens is 2. The summed E-state index contributed by atoms with van der Waals surface area (Å²) in [6, 6.07) is 9.79. The first-order valence-electron chi connectivity index (χ1n) is 8.38. The third kappa shape index (κ3) is 3.63. The zero-order valence-electron chi connectivity index (χ0n) is 14.4. The first kappa shape index (κ1) is 17.0. The van der Waals surface area contributed by atoms with Crippen molar-refractivity contribution in [2.24, 2.45) is 5.92 Å². The molecule has 2 heterocycles. The van der Waals surface area contributed by atoms with E-state index in [1.165, 1.54) is 6.20 Å². The molecule has 3 rings (SSSR count). The van der Waals surface area contributed by atoms with E-state index >= 15 is 0 Å². The van der Waals surface area contributed by atoms with Gasteiger partial charge in [0.05, 0.1) is 6.61 Å². The molecule has 1 aromatic carbocycles. The van der Waals surface area contributed by atoms with E-state index < -0.39 is 5.97 Å². The molecule has 0 spiro atoms. The Morgan fingerprint density at radius 3 is 2.88 bits per heavy atom. The number of esters is 1. The lowest BCUT2D eigenvalue weighted by molar-refractivity contribution is 0.0522. The Labute approximate surface area is 146 Å². The molecule has 1 atom stereocenters. The smallest absolute Gasteiger partial charge is 0.345 e. The highest BCUT2D eigenvalue weighted by molar-refractivity contribution is 5.88. The average molecular weight is 339 g/mol. The van der Waals surface area contributed by atoms with E-state index in [0.29, 0.717) is 12.4 Å². The molecule has 1 unspecified atom stereocenters. The SMILES string of the molecule is CCOC(=O)c1cnc2n(c1=O)CC(C)C/C2=C\Nc1ccccc1. The van der Waals surface area contributed by atoms with E-state index in [4.69, 9.17) is 4.74 Å². The number of benzene rings is 1. The number of para-hydroxylation sites is 1. The van der Waals surface area contributed by atoms with E-state index in [9.17, 15) is 9.59 Å². The van der Waals surface area contributed by atoms with Crippen LogP contribution >= 0.6 is 0 Å². The summed E-state index contributed by atoms with van der Waals surface area (Å²) in [5.41, 5.74) is 1.54. The highest BCUT2D eigenvalue weighted by Crippen LogP contribution is 2.27. The van der Waals surface area contributed by atoms with Gasteiger partial charge in [0.1, 0.15) is 11.4 Å². The van der Waals surface area contributed by atoms with Crippen LogP contribution in [0.5, 0.6) is 0 Å². The fraction of sp³-hybridized carbons (Fsp3) is 0.316. The molecule has 25 heavy (non-hydrogen) atoms. The van der Waals surface area contributed by atoms with Gasteiger partial charge in [-0.25, -0.2) is 9.78 Å². The van der Waals surface area contributed by atoms with Gasteiger partial charge in [-0.2, -0.15) is 0 Å². The number of nitrogens with one attached hydrogen (secondary N) is 1. The van der Waals surface area contributed by atoms with Crippen LogP contribution in [0, 0.1) is 5.92 Å². The van der Waals surface area contributed by atoms with Gasteiger partial charge in [0.2, 0.25) is 0 Å². The minimum atomic E-state index is -0.624. The Bertz CT molecular complexity index is 856. The molecule has 0 saturated heterocycles. The van der Waals surface area contributed by atoms with E-state index in [1.54, 1.807) is 11.5 Å². The van der Waals surface area contributed by atoms with Crippen molar-refractivity contribution in [1.82, 2.24) is 9.55 Å². The van der Waals surface area contributed by atoms with Crippen molar-refractivity contribution in [1.29, 1.82) is 0 Å². The molecule has 1 aromatic heterocycles. The Morgan fingerprint density at radius 1 is 1.40 bits per heavy atom. The topological polar surface area (TPSA) is 73.2 Å². The van der Waals surface area contributed by atoms with Gasteiger partial charge in [-0.15, -0.1) is 0 Å². The Balaban J connectivity index is 1.97. The summed E-state index contributed by atoms with van der Waals surface area (Å²) in [7, 11) is 0. The van der Waals surface area contributed by atoms with Crippen LogP contribution < -0.4 is 10.9 Å². The van der Waals surface area contributed by atoms with Crippen LogP contribution in [0.4, 0.5) is 5.69 Å². The van der Waals surface area contributed by atoms with E-state index in [-0.39, 0.29) is 23.6 Å². The number of anilines is 1. The van der Waals surface area contributed by atoms with E-state index in [2.05, 4.69) is 17.2 Å². The highest BCUT2D eigenvalue weighted by Gasteiger charge is 2.25. The average Bonchev–Trinajstić information content (AvgIpc) is 2.61. The first-order chi connectivity index (χ1) is 12.1. The summed E-state index contributed by atoms with van der Waals surface area (Å²) < 4.78 is 6.51. The molecule has 1 aliphatic heterocycles. The molecule has 1 N–H and O–H groups in total. The molecule has 0 fully saturated rings. The lowest BCUT2D eigenvalue weighted by Crippen LogP contribution is -2.35. The normalized spacial score (nSPS) is 17.8. The van der Waals surface area contributed by atoms with Crippen LogP contribution in [0.2, 0.25) is 0 Å². The van der Waals surface area contributed by atoms with Crippen molar-refractivity contribution in [3.8, 4) is 0 Å². The van der Waals surface area contributed by atoms with Crippen LogP contribution in [-0.2, 0) is 11.3 Å². The third-order valence-corrected chi connectivity index (χ3v) is 4.08. The number of hydrogen-bond donors (Lipinski definition) is 1. The molecule has 1 aliphatic rings. The number of carbonyl (C=O) groups is 1. The largest absolute Gasteiger partial charge is 0.462 e. The standard InChI is InChI=1S/C19H21N3O3/c1-3-25-19(24)16-11-21-17-14(9-13(2)12-22(17)18(16)23)10-20-15-7-5-4-6-8-15/h4-8,10-11,13,20H,3,9,12H2,1-2H3/b14-10+. The minimum absolute atomic E-state index is 0.0185. The maximum Gasteiger partial charge on any atom is 0.345 e. The third-order valence-electron chi connectivity index (χ3n) is 4.08. The first-order valence-corrected chi connectivity index (χ1v) is 8.38. The number of ether oxygens (including phenoxy) is 1. The summed E-state index contributed by atoms with van der Waals surface area (Å²) in [6.45, 7) is 4.54. The molecule has 130 valence electrons. The van der Waals surface area contributed by atoms with Crippen molar-refractivity contribution in [2.45, 2.75) is 26.8 Å². The number of fused-ring (bicyclic) bond motifs is 1. The number of rotatable bonds is 4. The van der Waals surface area contributed by atoms with Crippen molar-refractivity contribution in [3.05, 3.63) is 64.5 Å². The zero-order valence-corrected chi connectivity index (χ0v) is 14.4. The number of allylic oxidation sites excluding steroid dienone is 1. The Morgan fingerprint density at radius 2 is 2.16 bits per heavy atom. The van der Waals surface area contributed by atoms with Crippen molar-refractivity contribution in [2.75, 3.05) is 11.9 Å². The maximum atomic E-state index is 12.7. The van der Waals surface area contributed by atoms with Crippen molar-refractivity contribution >= 4 is 17.2 Å². The quantitative estimate of drug-likeness (QED) is 0.867. The van der Waals surface area contributed by atoms with Gasteiger partial charge in [-0.05, 0) is 31.4 Å². The van der Waals surface area contributed by atoms with Gasteiger partial charge in [0.15, 0.2) is 0 Å². The zero-order chi connectivity index (χ0) is 17.8. The van der Waals surface area contributed by atoms with Gasteiger partial charge in [-0.3, -0.25) is 9.36 Å². The van der Waals surface area contributed by atoms with Gasteiger partial charge in [0.25, 0.3) is 5.56 Å². The summed E-state index contributed by atoms with van der Waals surface area (Å²) in [4.78, 5) is 29.0. The van der Waals surface area contributed by atoms with Crippen molar-refractivity contribution in [3.63, 3.8) is 0 Å². The van der Waals surface area contributed by atoms with Crippen LogP contribution in [0.15, 0.2) is 47.5 Å². The van der Waals surface area contributed by atoms with Crippen LogP contribution in [0.25, 0.3) is 5.57 Å². The predicted octanol–water partition coefficient (Wildman–Crippen LogP) is 2.91. The van der Waals surface area contributed by atoms with Crippen LogP contribution in [0.1, 0.15) is 36.5 Å². The van der Waals surface area contributed by atoms with Gasteiger partial charge >= 0.3 is 5.97 Å². The highest BCUT2D eigenvalue weighted by atomic mass is 16.5. The molecule has 6 nitrogen and oxygen atoms in total. The number of hydrogen-bond acceptors (Lipinski definition) is 5.